The van der Waals surface area contributed by atoms with Crippen molar-refractivity contribution >= 4 is 22.1 Å². The normalized spacial score (nSPS) is 11.6. The number of nitrogens with two attached hydrogens (primary N) is 1. The van der Waals surface area contributed by atoms with E-state index in [1.54, 1.807) is 17.0 Å². The minimum Gasteiger partial charge on any atom is -0.329 e. The van der Waals surface area contributed by atoms with Crippen LogP contribution in [-0.2, 0) is 19.6 Å². The molecule has 134 valence electrons. The minimum absolute atomic E-state index is 0.0267. The molecule has 4 rings (SSSR count). The van der Waals surface area contributed by atoms with E-state index in [4.69, 9.17) is 10.7 Å². The summed E-state index contributed by atoms with van der Waals surface area (Å²) in [6.07, 6.45) is 4.37. The fourth-order valence-corrected chi connectivity index (χ4v) is 3.53. The molecule has 0 amide bonds. The average Bonchev–Trinajstić information content (AvgIpc) is 3.14. The number of para-hydroxylation sites is 2. The molecule has 3 heterocycles. The molecule has 0 aliphatic heterocycles. The lowest BCUT2D eigenvalue weighted by molar-refractivity contribution is 0.606. The van der Waals surface area contributed by atoms with Crippen LogP contribution < -0.4 is 11.4 Å². The summed E-state index contributed by atoms with van der Waals surface area (Å²) in [6.45, 7) is 4.33. The van der Waals surface area contributed by atoms with Crippen molar-refractivity contribution in [2.45, 2.75) is 33.0 Å². The van der Waals surface area contributed by atoms with Crippen LogP contribution >= 0.6 is 0 Å². The minimum atomic E-state index is -0.0267. The first-order valence-electron chi connectivity index (χ1n) is 8.92. The SMILES string of the molecule is CCCn1c(=O)n(Cc2nc3ccccc3n2CCN)c2cnccc21. The highest BCUT2D eigenvalue weighted by Gasteiger charge is 2.16. The van der Waals surface area contributed by atoms with E-state index in [0.717, 1.165) is 34.3 Å². The summed E-state index contributed by atoms with van der Waals surface area (Å²) in [6, 6.07) is 9.87. The number of nitrogens with zero attached hydrogens (tertiary/aromatic N) is 5. The van der Waals surface area contributed by atoms with Gasteiger partial charge in [-0.15, -0.1) is 0 Å². The number of pyridine rings is 1. The number of aromatic nitrogens is 5. The van der Waals surface area contributed by atoms with Crippen LogP contribution in [0.2, 0.25) is 0 Å². The van der Waals surface area contributed by atoms with Crippen LogP contribution in [0.15, 0.2) is 47.5 Å². The molecule has 0 bridgehead atoms. The van der Waals surface area contributed by atoms with E-state index in [2.05, 4.69) is 16.5 Å². The van der Waals surface area contributed by atoms with Crippen LogP contribution in [0.4, 0.5) is 0 Å². The molecule has 1 aromatic carbocycles. The van der Waals surface area contributed by atoms with Crippen molar-refractivity contribution in [1.29, 1.82) is 0 Å². The Hall–Kier alpha value is -2.93. The molecule has 0 spiro atoms. The lowest BCUT2D eigenvalue weighted by atomic mass is 10.3. The predicted octanol–water partition coefficient (Wildman–Crippen LogP) is 1.96. The van der Waals surface area contributed by atoms with Crippen LogP contribution in [0.1, 0.15) is 19.2 Å². The molecule has 26 heavy (non-hydrogen) atoms. The fourth-order valence-electron chi connectivity index (χ4n) is 3.53. The summed E-state index contributed by atoms with van der Waals surface area (Å²) in [5.41, 5.74) is 9.48. The summed E-state index contributed by atoms with van der Waals surface area (Å²) < 4.78 is 5.67. The number of hydrogen-bond acceptors (Lipinski definition) is 4. The van der Waals surface area contributed by atoms with Gasteiger partial charge in [-0.05, 0) is 24.6 Å². The third kappa shape index (κ3) is 2.61. The molecule has 0 saturated carbocycles. The van der Waals surface area contributed by atoms with Gasteiger partial charge < -0.3 is 10.3 Å². The lowest BCUT2D eigenvalue weighted by Gasteiger charge is -2.08. The third-order valence-corrected chi connectivity index (χ3v) is 4.65. The highest BCUT2D eigenvalue weighted by atomic mass is 16.1. The first kappa shape index (κ1) is 16.5. The Labute approximate surface area is 150 Å². The highest BCUT2D eigenvalue weighted by Crippen LogP contribution is 2.18. The van der Waals surface area contributed by atoms with Gasteiger partial charge in [0.15, 0.2) is 0 Å². The van der Waals surface area contributed by atoms with Crippen molar-refractivity contribution in [3.05, 3.63) is 59.0 Å². The van der Waals surface area contributed by atoms with E-state index in [0.29, 0.717) is 26.2 Å². The summed E-state index contributed by atoms with van der Waals surface area (Å²) in [7, 11) is 0. The summed E-state index contributed by atoms with van der Waals surface area (Å²) in [5.74, 6) is 0.832. The Morgan fingerprint density at radius 3 is 2.65 bits per heavy atom. The smallest absolute Gasteiger partial charge is 0.329 e. The van der Waals surface area contributed by atoms with Crippen molar-refractivity contribution in [1.82, 2.24) is 23.7 Å². The van der Waals surface area contributed by atoms with E-state index in [1.807, 2.05) is 34.9 Å². The summed E-state index contributed by atoms with van der Waals surface area (Å²) in [5, 5.41) is 0. The van der Waals surface area contributed by atoms with Gasteiger partial charge in [-0.25, -0.2) is 9.78 Å². The molecule has 0 aliphatic carbocycles. The fraction of sp³-hybridized carbons (Fsp3) is 0.316. The third-order valence-electron chi connectivity index (χ3n) is 4.65. The van der Waals surface area contributed by atoms with E-state index in [-0.39, 0.29) is 5.69 Å². The number of rotatable bonds is 6. The predicted molar refractivity (Wildman–Crippen MR) is 102 cm³/mol. The van der Waals surface area contributed by atoms with Crippen LogP contribution in [0.5, 0.6) is 0 Å². The number of benzene rings is 1. The number of fused-ring (bicyclic) bond motifs is 2. The maximum Gasteiger partial charge on any atom is 0.329 e. The van der Waals surface area contributed by atoms with Gasteiger partial charge in [-0.3, -0.25) is 14.1 Å². The first-order chi connectivity index (χ1) is 12.7. The molecule has 0 radical (unpaired) electrons. The van der Waals surface area contributed by atoms with Gasteiger partial charge in [0.25, 0.3) is 0 Å². The molecule has 7 heteroatoms. The largest absolute Gasteiger partial charge is 0.329 e. The van der Waals surface area contributed by atoms with Crippen LogP contribution in [0.25, 0.3) is 22.1 Å². The molecular weight excluding hydrogens is 328 g/mol. The van der Waals surface area contributed by atoms with E-state index in [9.17, 15) is 4.79 Å². The Morgan fingerprint density at radius 1 is 1.00 bits per heavy atom. The zero-order chi connectivity index (χ0) is 18.1. The maximum absolute atomic E-state index is 13.0. The van der Waals surface area contributed by atoms with Crippen molar-refractivity contribution in [2.24, 2.45) is 5.73 Å². The molecule has 3 aromatic heterocycles. The molecule has 7 nitrogen and oxygen atoms in total. The van der Waals surface area contributed by atoms with Crippen molar-refractivity contribution < 1.29 is 0 Å². The van der Waals surface area contributed by atoms with E-state index < -0.39 is 0 Å². The number of hydrogen-bond donors (Lipinski definition) is 1. The van der Waals surface area contributed by atoms with Gasteiger partial charge in [0.05, 0.1) is 34.8 Å². The zero-order valence-electron chi connectivity index (χ0n) is 14.8. The molecule has 0 aliphatic rings. The Kier molecular flexibility index (Phi) is 4.30. The van der Waals surface area contributed by atoms with E-state index >= 15 is 0 Å². The van der Waals surface area contributed by atoms with Crippen molar-refractivity contribution in [3.8, 4) is 0 Å². The molecule has 0 unspecified atom stereocenters. The molecular formula is C19H22N6O. The van der Waals surface area contributed by atoms with Gasteiger partial charge in [-0.2, -0.15) is 0 Å². The quantitative estimate of drug-likeness (QED) is 0.576. The molecule has 0 fully saturated rings. The Balaban J connectivity index is 1.88. The van der Waals surface area contributed by atoms with Crippen LogP contribution in [0.3, 0.4) is 0 Å². The van der Waals surface area contributed by atoms with Gasteiger partial charge in [0.2, 0.25) is 0 Å². The van der Waals surface area contributed by atoms with Crippen molar-refractivity contribution in [2.75, 3.05) is 6.54 Å². The lowest BCUT2D eigenvalue weighted by Crippen LogP contribution is -2.26. The number of aryl methyl sites for hydroxylation is 1. The van der Waals surface area contributed by atoms with Gasteiger partial charge in [-0.1, -0.05) is 19.1 Å². The first-order valence-corrected chi connectivity index (χ1v) is 8.92. The van der Waals surface area contributed by atoms with Gasteiger partial charge in [0.1, 0.15) is 5.82 Å². The van der Waals surface area contributed by atoms with Crippen LogP contribution in [0, 0.1) is 0 Å². The monoisotopic (exact) mass is 350 g/mol. The second-order valence-electron chi connectivity index (χ2n) is 6.34. The summed E-state index contributed by atoms with van der Waals surface area (Å²) >= 11 is 0. The highest BCUT2D eigenvalue weighted by molar-refractivity contribution is 5.77. The standard InChI is InChI=1S/C19H22N6O/c1-2-10-24-16-7-9-21-12-17(16)25(19(24)26)13-18-22-14-5-3-4-6-15(14)23(18)11-8-20/h3-7,9,12H,2,8,10-11,13,20H2,1H3. The Morgan fingerprint density at radius 2 is 1.85 bits per heavy atom. The molecule has 0 saturated heterocycles. The average molecular weight is 350 g/mol. The van der Waals surface area contributed by atoms with Gasteiger partial charge in [0, 0.05) is 25.8 Å². The van der Waals surface area contributed by atoms with Gasteiger partial charge >= 0.3 is 5.69 Å². The summed E-state index contributed by atoms with van der Waals surface area (Å²) in [4.78, 5) is 22.0. The zero-order valence-corrected chi connectivity index (χ0v) is 14.8. The second kappa shape index (κ2) is 6.76. The number of imidazole rings is 2. The van der Waals surface area contributed by atoms with E-state index in [1.165, 1.54) is 0 Å². The molecule has 0 atom stereocenters. The molecule has 2 N–H and O–H groups in total. The van der Waals surface area contributed by atoms with Crippen molar-refractivity contribution in [3.63, 3.8) is 0 Å². The maximum atomic E-state index is 13.0. The molecule has 4 aromatic rings. The Bertz CT molecular complexity index is 1120. The second-order valence-corrected chi connectivity index (χ2v) is 6.34. The topological polar surface area (TPSA) is 83.7 Å². The van der Waals surface area contributed by atoms with Crippen LogP contribution in [-0.4, -0.2) is 30.2 Å².